The number of benzene rings is 1. The zero-order valence-corrected chi connectivity index (χ0v) is 16.5. The van der Waals surface area contributed by atoms with Gasteiger partial charge in [-0.15, -0.1) is 5.10 Å². The van der Waals surface area contributed by atoms with Gasteiger partial charge in [-0.1, -0.05) is 36.6 Å². The van der Waals surface area contributed by atoms with Gasteiger partial charge < -0.3 is 10.0 Å². The molecule has 1 atom stereocenters. The number of aromatic hydroxyl groups is 1. The van der Waals surface area contributed by atoms with Crippen LogP contribution in [0.5, 0.6) is 5.75 Å². The Morgan fingerprint density at radius 1 is 1.04 bits per heavy atom. The summed E-state index contributed by atoms with van der Waals surface area (Å²) in [5, 5.41) is 17.9. The number of hydrogen-bond acceptors (Lipinski definition) is 4. The Bertz CT molecular complexity index is 780. The molecule has 1 N–H and O–H groups in total. The highest BCUT2D eigenvalue weighted by Gasteiger charge is 2.29. The highest BCUT2D eigenvalue weighted by Crippen LogP contribution is 2.28. The summed E-state index contributed by atoms with van der Waals surface area (Å²) in [7, 11) is 0. The first-order valence-corrected chi connectivity index (χ1v) is 10.7. The highest BCUT2D eigenvalue weighted by atomic mass is 16.3. The monoisotopic (exact) mass is 382 g/mol. The van der Waals surface area contributed by atoms with Crippen LogP contribution in [0.15, 0.2) is 30.5 Å². The second-order valence-electron chi connectivity index (χ2n) is 8.23. The fourth-order valence-corrected chi connectivity index (χ4v) is 4.61. The minimum absolute atomic E-state index is 0.0254. The maximum Gasteiger partial charge on any atom is 0.276 e. The molecule has 2 heterocycles. The van der Waals surface area contributed by atoms with Crippen LogP contribution in [0.3, 0.4) is 0 Å². The predicted octanol–water partition coefficient (Wildman–Crippen LogP) is 4.12. The van der Waals surface area contributed by atoms with Gasteiger partial charge in [0.05, 0.1) is 12.2 Å². The van der Waals surface area contributed by atoms with Gasteiger partial charge in [0.2, 0.25) is 0 Å². The van der Waals surface area contributed by atoms with Crippen LogP contribution in [0.2, 0.25) is 0 Å². The van der Waals surface area contributed by atoms with Crippen molar-refractivity contribution in [1.29, 1.82) is 0 Å². The molecule has 2 aliphatic rings. The van der Waals surface area contributed by atoms with Crippen molar-refractivity contribution in [1.82, 2.24) is 19.9 Å². The largest absolute Gasteiger partial charge is 0.508 e. The van der Waals surface area contributed by atoms with Crippen LogP contribution in [-0.2, 0) is 6.42 Å². The number of aromatic nitrogens is 3. The van der Waals surface area contributed by atoms with E-state index >= 15 is 0 Å². The number of aryl methyl sites for hydroxylation is 1. The molecule has 28 heavy (non-hydrogen) atoms. The van der Waals surface area contributed by atoms with E-state index in [2.05, 4.69) is 10.3 Å². The molecule has 1 amide bonds. The van der Waals surface area contributed by atoms with E-state index in [0.717, 1.165) is 45.1 Å². The Balaban J connectivity index is 1.41. The van der Waals surface area contributed by atoms with Crippen molar-refractivity contribution in [3.8, 4) is 5.75 Å². The highest BCUT2D eigenvalue weighted by molar-refractivity contribution is 5.92. The summed E-state index contributed by atoms with van der Waals surface area (Å²) in [6, 6.07) is 8.01. The lowest BCUT2D eigenvalue weighted by atomic mass is 9.95. The van der Waals surface area contributed by atoms with Crippen LogP contribution in [0.1, 0.15) is 79.9 Å². The molecule has 4 rings (SSSR count). The van der Waals surface area contributed by atoms with Gasteiger partial charge in [0.15, 0.2) is 5.69 Å². The first kappa shape index (κ1) is 19.0. The van der Waals surface area contributed by atoms with Crippen molar-refractivity contribution in [3.63, 3.8) is 0 Å². The van der Waals surface area contributed by atoms with Crippen molar-refractivity contribution in [2.45, 2.75) is 76.3 Å². The minimum atomic E-state index is 0.0254. The SMILES string of the molecule is O=C(c1cn(C2CCCCC2)nn1)N1CCCC[C@@H]1CCc1ccc(O)cc1. The normalized spacial score (nSPS) is 21.0. The second kappa shape index (κ2) is 8.76. The molecule has 1 aliphatic carbocycles. The standard InChI is InChI=1S/C22H30N4O2/c27-20-13-10-17(11-14-20)9-12-18-6-4-5-15-25(18)22(28)21-16-26(24-23-21)19-7-2-1-3-8-19/h10-11,13-14,16,18-19,27H,1-9,12,15H2/t18-/m1/s1. The fourth-order valence-electron chi connectivity index (χ4n) is 4.61. The third-order valence-electron chi connectivity index (χ3n) is 6.27. The fraction of sp³-hybridized carbons (Fsp3) is 0.591. The van der Waals surface area contributed by atoms with E-state index in [-0.39, 0.29) is 11.9 Å². The van der Waals surface area contributed by atoms with E-state index in [9.17, 15) is 9.90 Å². The average Bonchev–Trinajstić information content (AvgIpc) is 3.24. The van der Waals surface area contributed by atoms with Crippen LogP contribution in [0.4, 0.5) is 0 Å². The number of amides is 1. The maximum atomic E-state index is 13.1. The molecule has 0 radical (unpaired) electrons. The number of rotatable bonds is 5. The summed E-state index contributed by atoms with van der Waals surface area (Å²) in [5.74, 6) is 0.316. The Morgan fingerprint density at radius 3 is 2.57 bits per heavy atom. The molecule has 150 valence electrons. The number of phenols is 1. The van der Waals surface area contributed by atoms with Gasteiger partial charge in [-0.05, 0) is 62.6 Å². The van der Waals surface area contributed by atoms with E-state index in [1.54, 1.807) is 12.1 Å². The molecule has 1 aromatic carbocycles. The Morgan fingerprint density at radius 2 is 1.79 bits per heavy atom. The van der Waals surface area contributed by atoms with Crippen LogP contribution >= 0.6 is 0 Å². The van der Waals surface area contributed by atoms with Crippen molar-refractivity contribution < 1.29 is 9.90 Å². The van der Waals surface area contributed by atoms with Crippen LogP contribution in [-0.4, -0.2) is 43.5 Å². The summed E-state index contributed by atoms with van der Waals surface area (Å²) >= 11 is 0. The van der Waals surface area contributed by atoms with E-state index in [0.29, 0.717) is 17.5 Å². The van der Waals surface area contributed by atoms with Gasteiger partial charge in [0, 0.05) is 12.6 Å². The Labute approximate surface area is 166 Å². The molecule has 1 saturated heterocycles. The molecule has 1 saturated carbocycles. The van der Waals surface area contributed by atoms with Gasteiger partial charge in [-0.2, -0.15) is 0 Å². The number of carbonyl (C=O) groups excluding carboxylic acids is 1. The Kier molecular flexibility index (Phi) is 5.93. The number of hydrogen-bond donors (Lipinski definition) is 1. The third kappa shape index (κ3) is 4.37. The lowest BCUT2D eigenvalue weighted by Gasteiger charge is -2.35. The Hall–Kier alpha value is -2.37. The molecule has 2 fully saturated rings. The van der Waals surface area contributed by atoms with E-state index in [4.69, 9.17) is 0 Å². The molecule has 0 bridgehead atoms. The summed E-state index contributed by atoms with van der Waals surface area (Å²) < 4.78 is 1.92. The zero-order valence-electron chi connectivity index (χ0n) is 16.5. The summed E-state index contributed by atoms with van der Waals surface area (Å²) in [4.78, 5) is 15.2. The number of carbonyl (C=O) groups is 1. The molecule has 6 heteroatoms. The number of likely N-dealkylation sites (tertiary alicyclic amines) is 1. The van der Waals surface area contributed by atoms with Gasteiger partial charge in [0.25, 0.3) is 5.91 Å². The molecule has 0 unspecified atom stereocenters. The van der Waals surface area contributed by atoms with E-state index in [1.165, 1.54) is 31.2 Å². The number of piperidine rings is 1. The van der Waals surface area contributed by atoms with Gasteiger partial charge in [-0.3, -0.25) is 4.79 Å². The van der Waals surface area contributed by atoms with Gasteiger partial charge in [0.1, 0.15) is 5.75 Å². The van der Waals surface area contributed by atoms with Gasteiger partial charge >= 0.3 is 0 Å². The lowest BCUT2D eigenvalue weighted by Crippen LogP contribution is -2.44. The topological polar surface area (TPSA) is 71.2 Å². The molecule has 6 nitrogen and oxygen atoms in total. The first-order chi connectivity index (χ1) is 13.7. The molecular formula is C22H30N4O2. The summed E-state index contributed by atoms with van der Waals surface area (Å²) in [5.41, 5.74) is 1.68. The summed E-state index contributed by atoms with van der Waals surface area (Å²) in [6.45, 7) is 0.801. The number of phenolic OH excluding ortho intramolecular Hbond substituents is 1. The van der Waals surface area contributed by atoms with Crippen molar-refractivity contribution in [2.75, 3.05) is 6.54 Å². The van der Waals surface area contributed by atoms with E-state index < -0.39 is 0 Å². The smallest absolute Gasteiger partial charge is 0.276 e. The van der Waals surface area contributed by atoms with Crippen LogP contribution < -0.4 is 0 Å². The maximum absolute atomic E-state index is 13.1. The summed E-state index contributed by atoms with van der Waals surface area (Å²) in [6.07, 6.45) is 13.0. The first-order valence-electron chi connectivity index (χ1n) is 10.7. The third-order valence-corrected chi connectivity index (χ3v) is 6.27. The van der Waals surface area contributed by atoms with Crippen LogP contribution in [0, 0.1) is 0 Å². The van der Waals surface area contributed by atoms with Crippen molar-refractivity contribution in [3.05, 3.63) is 41.7 Å². The van der Waals surface area contributed by atoms with E-state index in [1.807, 2.05) is 27.9 Å². The minimum Gasteiger partial charge on any atom is -0.508 e. The van der Waals surface area contributed by atoms with Crippen LogP contribution in [0.25, 0.3) is 0 Å². The quantitative estimate of drug-likeness (QED) is 0.844. The molecule has 0 spiro atoms. The lowest BCUT2D eigenvalue weighted by molar-refractivity contribution is 0.0595. The van der Waals surface area contributed by atoms with Gasteiger partial charge in [-0.25, -0.2) is 4.68 Å². The zero-order chi connectivity index (χ0) is 19.3. The van der Waals surface area contributed by atoms with Crippen molar-refractivity contribution in [2.24, 2.45) is 0 Å². The van der Waals surface area contributed by atoms with Crippen molar-refractivity contribution >= 4 is 5.91 Å². The second-order valence-corrected chi connectivity index (χ2v) is 8.23. The average molecular weight is 383 g/mol. The molecule has 1 aromatic heterocycles. The predicted molar refractivity (Wildman–Crippen MR) is 107 cm³/mol. The molecular weight excluding hydrogens is 352 g/mol. The molecule has 2 aromatic rings. The molecule has 1 aliphatic heterocycles. The number of nitrogens with zero attached hydrogens (tertiary/aromatic N) is 4.